The molecule has 0 fully saturated rings. The van der Waals surface area contributed by atoms with Gasteiger partial charge in [-0.1, -0.05) is 18.2 Å². The molecule has 32 heavy (non-hydrogen) atoms. The zero-order valence-corrected chi connectivity index (χ0v) is 17.3. The number of para-hydroxylation sites is 1. The predicted octanol–water partition coefficient (Wildman–Crippen LogP) is 3.53. The van der Waals surface area contributed by atoms with Crippen molar-refractivity contribution in [3.05, 3.63) is 89.9 Å². The Hall–Kier alpha value is -4.27. The van der Waals surface area contributed by atoms with Crippen molar-refractivity contribution in [2.24, 2.45) is 0 Å². The number of imidazole rings is 1. The molecule has 4 rings (SSSR count). The molecule has 3 N–H and O–H groups in total. The topological polar surface area (TPSA) is 105 Å². The van der Waals surface area contributed by atoms with Gasteiger partial charge in [-0.05, 0) is 49.2 Å². The number of aromatic hydroxyl groups is 1. The van der Waals surface area contributed by atoms with E-state index in [0.717, 1.165) is 11.1 Å². The Morgan fingerprint density at radius 3 is 2.69 bits per heavy atom. The number of nitrogens with zero attached hydrogens (tertiary/aromatic N) is 4. The standard InChI is InChI=1S/C23H21FN6O2/c1-15-12-26-23(28-18-8-6-17(24)7-9-18)29-21(15)30-13-19(27-14-30)22(32)25-11-10-16-4-2-3-5-20(16)31/h2-9,12-14,31H,10-11H2,1H3,(H,25,32)(H,26,28,29). The number of rotatable bonds is 7. The first-order valence-electron chi connectivity index (χ1n) is 9.95. The molecule has 1 amide bonds. The highest BCUT2D eigenvalue weighted by molar-refractivity contribution is 5.92. The number of aryl methyl sites for hydroxylation is 1. The second-order valence-electron chi connectivity index (χ2n) is 7.13. The third-order valence-electron chi connectivity index (χ3n) is 4.78. The highest BCUT2D eigenvalue weighted by Gasteiger charge is 2.13. The van der Waals surface area contributed by atoms with Crippen molar-refractivity contribution in [2.45, 2.75) is 13.3 Å². The number of hydrogen-bond donors (Lipinski definition) is 3. The third kappa shape index (κ3) is 4.89. The number of hydrogen-bond acceptors (Lipinski definition) is 6. The van der Waals surface area contributed by atoms with Crippen molar-refractivity contribution >= 4 is 17.5 Å². The van der Waals surface area contributed by atoms with Crippen molar-refractivity contribution in [3.63, 3.8) is 0 Å². The number of phenols is 1. The second-order valence-corrected chi connectivity index (χ2v) is 7.13. The normalized spacial score (nSPS) is 10.7. The third-order valence-corrected chi connectivity index (χ3v) is 4.78. The van der Waals surface area contributed by atoms with Gasteiger partial charge < -0.3 is 15.7 Å². The zero-order valence-electron chi connectivity index (χ0n) is 17.3. The fourth-order valence-corrected chi connectivity index (χ4v) is 3.10. The fourth-order valence-electron chi connectivity index (χ4n) is 3.10. The molecule has 9 heteroatoms. The Morgan fingerprint density at radius 1 is 1.12 bits per heavy atom. The Balaban J connectivity index is 1.43. The van der Waals surface area contributed by atoms with Gasteiger partial charge in [0.05, 0.1) is 0 Å². The maximum Gasteiger partial charge on any atom is 0.271 e. The monoisotopic (exact) mass is 432 g/mol. The molecule has 162 valence electrons. The van der Waals surface area contributed by atoms with E-state index in [1.807, 2.05) is 19.1 Å². The van der Waals surface area contributed by atoms with Crippen LogP contribution in [0.2, 0.25) is 0 Å². The Kier molecular flexibility index (Phi) is 6.07. The lowest BCUT2D eigenvalue weighted by atomic mass is 10.1. The predicted molar refractivity (Wildman–Crippen MR) is 118 cm³/mol. The molecule has 0 spiro atoms. The van der Waals surface area contributed by atoms with Crippen LogP contribution in [-0.2, 0) is 6.42 Å². The lowest BCUT2D eigenvalue weighted by Gasteiger charge is -2.09. The number of anilines is 2. The average molecular weight is 432 g/mol. The number of halogens is 1. The van der Waals surface area contributed by atoms with Gasteiger partial charge in [0.1, 0.15) is 29.4 Å². The molecule has 0 bridgehead atoms. The maximum absolute atomic E-state index is 13.1. The number of benzene rings is 2. The van der Waals surface area contributed by atoms with E-state index in [1.165, 1.54) is 18.5 Å². The van der Waals surface area contributed by atoms with Crippen LogP contribution in [0.25, 0.3) is 5.82 Å². The van der Waals surface area contributed by atoms with E-state index in [-0.39, 0.29) is 23.2 Å². The van der Waals surface area contributed by atoms with Crippen LogP contribution in [0.4, 0.5) is 16.0 Å². The Morgan fingerprint density at radius 2 is 1.91 bits per heavy atom. The van der Waals surface area contributed by atoms with E-state index < -0.39 is 0 Å². The molecule has 0 saturated carbocycles. The molecule has 2 aromatic heterocycles. The molecule has 0 unspecified atom stereocenters. The summed E-state index contributed by atoms with van der Waals surface area (Å²) in [5.41, 5.74) is 2.44. The maximum atomic E-state index is 13.1. The SMILES string of the molecule is Cc1cnc(Nc2ccc(F)cc2)nc1-n1cnc(C(=O)NCCc2ccccc2O)c1. The first-order chi connectivity index (χ1) is 15.5. The molecule has 0 saturated heterocycles. The fraction of sp³-hybridized carbons (Fsp3) is 0.130. The van der Waals surface area contributed by atoms with Crippen molar-refractivity contribution < 1.29 is 14.3 Å². The Bertz CT molecular complexity index is 1240. The van der Waals surface area contributed by atoms with Crippen molar-refractivity contribution in [2.75, 3.05) is 11.9 Å². The number of carbonyl (C=O) groups is 1. The minimum Gasteiger partial charge on any atom is -0.508 e. The van der Waals surface area contributed by atoms with E-state index in [1.54, 1.807) is 41.2 Å². The van der Waals surface area contributed by atoms with Crippen LogP contribution in [0.3, 0.4) is 0 Å². The molecular weight excluding hydrogens is 411 g/mol. The minimum atomic E-state index is -0.328. The van der Waals surface area contributed by atoms with Gasteiger partial charge in [0, 0.05) is 30.2 Å². The summed E-state index contributed by atoms with van der Waals surface area (Å²) in [7, 11) is 0. The summed E-state index contributed by atoms with van der Waals surface area (Å²) in [6, 6.07) is 12.9. The van der Waals surface area contributed by atoms with Crippen LogP contribution in [0.15, 0.2) is 67.3 Å². The molecule has 0 aliphatic rings. The van der Waals surface area contributed by atoms with Crippen LogP contribution in [0, 0.1) is 12.7 Å². The highest BCUT2D eigenvalue weighted by atomic mass is 19.1. The van der Waals surface area contributed by atoms with E-state index in [4.69, 9.17) is 0 Å². The lowest BCUT2D eigenvalue weighted by Crippen LogP contribution is -2.26. The van der Waals surface area contributed by atoms with Crippen molar-refractivity contribution in [1.29, 1.82) is 0 Å². The summed E-state index contributed by atoms with van der Waals surface area (Å²) in [5.74, 6) is 0.446. The number of carbonyl (C=O) groups excluding carboxylic acids is 1. The van der Waals surface area contributed by atoms with Gasteiger partial charge in [0.15, 0.2) is 0 Å². The van der Waals surface area contributed by atoms with E-state index >= 15 is 0 Å². The molecule has 4 aromatic rings. The van der Waals surface area contributed by atoms with E-state index in [9.17, 15) is 14.3 Å². The van der Waals surface area contributed by atoms with Crippen molar-refractivity contribution in [3.8, 4) is 11.6 Å². The van der Waals surface area contributed by atoms with Crippen LogP contribution in [-0.4, -0.2) is 37.1 Å². The van der Waals surface area contributed by atoms with Gasteiger partial charge in [-0.25, -0.2) is 14.4 Å². The van der Waals surface area contributed by atoms with E-state index in [2.05, 4.69) is 25.6 Å². The minimum absolute atomic E-state index is 0.204. The van der Waals surface area contributed by atoms with Gasteiger partial charge in [-0.15, -0.1) is 0 Å². The second kappa shape index (κ2) is 9.25. The van der Waals surface area contributed by atoms with Crippen LogP contribution < -0.4 is 10.6 Å². The zero-order chi connectivity index (χ0) is 22.5. The molecular formula is C23H21FN6O2. The van der Waals surface area contributed by atoms with Gasteiger partial charge in [0.2, 0.25) is 5.95 Å². The largest absolute Gasteiger partial charge is 0.508 e. The summed E-state index contributed by atoms with van der Waals surface area (Å²) in [5, 5.41) is 15.6. The highest BCUT2D eigenvalue weighted by Crippen LogP contribution is 2.18. The average Bonchev–Trinajstić information content (AvgIpc) is 3.28. The number of phenolic OH excluding ortho intramolecular Hbond substituents is 1. The summed E-state index contributed by atoms with van der Waals surface area (Å²) < 4.78 is 14.7. The first-order valence-corrected chi connectivity index (χ1v) is 9.95. The molecule has 2 aromatic carbocycles. The van der Waals surface area contributed by atoms with Gasteiger partial charge in [-0.3, -0.25) is 9.36 Å². The van der Waals surface area contributed by atoms with Gasteiger partial charge >= 0.3 is 0 Å². The van der Waals surface area contributed by atoms with Gasteiger partial charge in [-0.2, -0.15) is 4.98 Å². The molecule has 0 radical (unpaired) electrons. The summed E-state index contributed by atoms with van der Waals surface area (Å²) in [4.78, 5) is 25.4. The summed E-state index contributed by atoms with van der Waals surface area (Å²) in [6.45, 7) is 2.21. The molecule has 0 aliphatic heterocycles. The molecule has 0 atom stereocenters. The molecule has 8 nitrogen and oxygen atoms in total. The van der Waals surface area contributed by atoms with E-state index in [0.29, 0.717) is 30.4 Å². The van der Waals surface area contributed by atoms with Crippen molar-refractivity contribution in [1.82, 2.24) is 24.8 Å². The first kappa shape index (κ1) is 21.0. The van der Waals surface area contributed by atoms with Crippen LogP contribution >= 0.6 is 0 Å². The van der Waals surface area contributed by atoms with Crippen LogP contribution in [0.1, 0.15) is 21.6 Å². The summed E-state index contributed by atoms with van der Waals surface area (Å²) >= 11 is 0. The quantitative estimate of drug-likeness (QED) is 0.413. The smallest absolute Gasteiger partial charge is 0.271 e. The number of aromatic nitrogens is 4. The molecule has 2 heterocycles. The molecule has 0 aliphatic carbocycles. The van der Waals surface area contributed by atoms with Crippen LogP contribution in [0.5, 0.6) is 5.75 Å². The van der Waals surface area contributed by atoms with Gasteiger partial charge in [0.25, 0.3) is 5.91 Å². The lowest BCUT2D eigenvalue weighted by molar-refractivity contribution is 0.0949. The Labute approximate surface area is 183 Å². The summed E-state index contributed by atoms with van der Waals surface area (Å²) in [6.07, 6.45) is 5.25. The number of nitrogens with one attached hydrogen (secondary N) is 2. The number of amides is 1.